The lowest BCUT2D eigenvalue weighted by Crippen LogP contribution is -2.40. The maximum Gasteiger partial charge on any atom is 0.0139 e. The third kappa shape index (κ3) is 3.11. The van der Waals surface area contributed by atoms with E-state index in [0.717, 1.165) is 12.5 Å². The Balaban J connectivity index is 2.17. The number of nitrogens with two attached hydrogens (primary N) is 1. The van der Waals surface area contributed by atoms with Crippen LogP contribution in [0.4, 0.5) is 0 Å². The van der Waals surface area contributed by atoms with Crippen LogP contribution in [0.15, 0.2) is 0 Å². The molecule has 1 fully saturated rings. The Bertz CT molecular complexity index is 115. The number of hydrogen-bond acceptors (Lipinski definition) is 2. The predicted molar refractivity (Wildman–Crippen MR) is 53.1 cm³/mol. The number of piperidine rings is 1. The van der Waals surface area contributed by atoms with E-state index in [0.29, 0.717) is 6.04 Å². The smallest absolute Gasteiger partial charge is 0.0139 e. The van der Waals surface area contributed by atoms with E-state index in [-0.39, 0.29) is 0 Å². The molecule has 2 N–H and O–H groups in total. The molecular weight excluding hydrogens is 148 g/mol. The molecule has 1 aliphatic rings. The van der Waals surface area contributed by atoms with Gasteiger partial charge in [-0.3, -0.25) is 0 Å². The molecule has 72 valence electrons. The van der Waals surface area contributed by atoms with Crippen LogP contribution in [0.3, 0.4) is 0 Å². The first-order valence-corrected chi connectivity index (χ1v) is 5.20. The molecule has 12 heavy (non-hydrogen) atoms. The average molecular weight is 170 g/mol. The molecule has 0 saturated carbocycles. The molecule has 0 aliphatic carbocycles. The summed E-state index contributed by atoms with van der Waals surface area (Å²) in [6.07, 6.45) is 4.11. The molecule has 2 heteroatoms. The standard InChI is InChI=1S/C10H22N2/c1-3-10-4-6-12(7-5-10)8-9(2)11/h9-10H,3-8,11H2,1-2H3/t9-/m1/s1. The summed E-state index contributed by atoms with van der Waals surface area (Å²) in [5.74, 6) is 0.981. The fourth-order valence-corrected chi connectivity index (χ4v) is 1.98. The highest BCUT2D eigenvalue weighted by atomic mass is 15.1. The highest BCUT2D eigenvalue weighted by Crippen LogP contribution is 2.19. The van der Waals surface area contributed by atoms with Gasteiger partial charge in [-0.15, -0.1) is 0 Å². The molecule has 0 amide bonds. The third-order valence-corrected chi connectivity index (χ3v) is 2.83. The van der Waals surface area contributed by atoms with Gasteiger partial charge in [0.1, 0.15) is 0 Å². The monoisotopic (exact) mass is 170 g/mol. The number of nitrogens with zero attached hydrogens (tertiary/aromatic N) is 1. The summed E-state index contributed by atoms with van der Waals surface area (Å²) in [4.78, 5) is 2.50. The van der Waals surface area contributed by atoms with Gasteiger partial charge in [0.2, 0.25) is 0 Å². The van der Waals surface area contributed by atoms with Crippen molar-refractivity contribution in [1.29, 1.82) is 0 Å². The maximum absolute atomic E-state index is 5.75. The van der Waals surface area contributed by atoms with Gasteiger partial charge in [-0.2, -0.15) is 0 Å². The van der Waals surface area contributed by atoms with Crippen molar-refractivity contribution in [3.8, 4) is 0 Å². The zero-order valence-electron chi connectivity index (χ0n) is 8.42. The largest absolute Gasteiger partial charge is 0.327 e. The van der Waals surface area contributed by atoms with Crippen molar-refractivity contribution >= 4 is 0 Å². The summed E-state index contributed by atoms with van der Waals surface area (Å²) in [6.45, 7) is 7.99. The summed E-state index contributed by atoms with van der Waals surface area (Å²) < 4.78 is 0. The maximum atomic E-state index is 5.75. The molecule has 1 heterocycles. The van der Waals surface area contributed by atoms with E-state index in [4.69, 9.17) is 5.73 Å². The lowest BCUT2D eigenvalue weighted by Gasteiger charge is -2.32. The minimum atomic E-state index is 0.336. The van der Waals surface area contributed by atoms with Gasteiger partial charge in [-0.05, 0) is 38.8 Å². The molecule has 0 bridgehead atoms. The lowest BCUT2D eigenvalue weighted by atomic mass is 9.94. The van der Waals surface area contributed by atoms with E-state index < -0.39 is 0 Å². The van der Waals surface area contributed by atoms with Gasteiger partial charge >= 0.3 is 0 Å². The Labute approximate surface area is 76.1 Å². The Morgan fingerprint density at radius 2 is 2.00 bits per heavy atom. The van der Waals surface area contributed by atoms with Crippen LogP contribution in [0.25, 0.3) is 0 Å². The Hall–Kier alpha value is -0.0800. The van der Waals surface area contributed by atoms with Crippen LogP contribution in [-0.4, -0.2) is 30.6 Å². The highest BCUT2D eigenvalue weighted by molar-refractivity contribution is 4.73. The van der Waals surface area contributed by atoms with Crippen molar-refractivity contribution < 1.29 is 0 Å². The third-order valence-electron chi connectivity index (χ3n) is 2.83. The molecular formula is C10H22N2. The summed E-state index contributed by atoms with van der Waals surface area (Å²) in [6, 6.07) is 0.336. The minimum absolute atomic E-state index is 0.336. The van der Waals surface area contributed by atoms with Gasteiger partial charge in [0.05, 0.1) is 0 Å². The second kappa shape index (κ2) is 4.83. The molecule has 0 aromatic rings. The Kier molecular flexibility index (Phi) is 4.02. The summed E-state index contributed by atoms with van der Waals surface area (Å²) >= 11 is 0. The molecule has 1 atom stereocenters. The van der Waals surface area contributed by atoms with E-state index in [2.05, 4.69) is 18.7 Å². The van der Waals surface area contributed by atoms with Crippen molar-refractivity contribution in [2.45, 2.75) is 39.2 Å². The van der Waals surface area contributed by atoms with Crippen LogP contribution in [0.2, 0.25) is 0 Å². The lowest BCUT2D eigenvalue weighted by molar-refractivity contribution is 0.175. The molecule has 0 unspecified atom stereocenters. The van der Waals surface area contributed by atoms with E-state index in [1.807, 2.05) is 0 Å². The van der Waals surface area contributed by atoms with Crippen molar-refractivity contribution in [2.24, 2.45) is 11.7 Å². The van der Waals surface area contributed by atoms with E-state index in [1.165, 1.54) is 32.4 Å². The van der Waals surface area contributed by atoms with E-state index in [1.54, 1.807) is 0 Å². The van der Waals surface area contributed by atoms with Crippen molar-refractivity contribution in [3.63, 3.8) is 0 Å². The SMILES string of the molecule is CCC1CCN(C[C@@H](C)N)CC1. The number of rotatable bonds is 3. The summed E-state index contributed by atoms with van der Waals surface area (Å²) in [7, 11) is 0. The van der Waals surface area contributed by atoms with Crippen LogP contribution in [0.1, 0.15) is 33.1 Å². The Morgan fingerprint density at radius 1 is 1.42 bits per heavy atom. The van der Waals surface area contributed by atoms with Crippen LogP contribution in [-0.2, 0) is 0 Å². The second-order valence-corrected chi connectivity index (χ2v) is 4.13. The van der Waals surface area contributed by atoms with Crippen molar-refractivity contribution in [1.82, 2.24) is 4.90 Å². The average Bonchev–Trinajstić information content (AvgIpc) is 2.05. The minimum Gasteiger partial charge on any atom is -0.327 e. The van der Waals surface area contributed by atoms with Crippen LogP contribution >= 0.6 is 0 Å². The molecule has 1 saturated heterocycles. The quantitative estimate of drug-likeness (QED) is 0.694. The van der Waals surface area contributed by atoms with E-state index >= 15 is 0 Å². The van der Waals surface area contributed by atoms with Gasteiger partial charge in [-0.1, -0.05) is 13.3 Å². The first-order chi connectivity index (χ1) is 5.72. The second-order valence-electron chi connectivity index (χ2n) is 4.13. The fraction of sp³-hybridized carbons (Fsp3) is 1.00. The van der Waals surface area contributed by atoms with Gasteiger partial charge in [0, 0.05) is 12.6 Å². The highest BCUT2D eigenvalue weighted by Gasteiger charge is 2.17. The fourth-order valence-electron chi connectivity index (χ4n) is 1.98. The zero-order valence-corrected chi connectivity index (χ0v) is 8.42. The zero-order chi connectivity index (χ0) is 8.97. The van der Waals surface area contributed by atoms with Gasteiger partial charge in [-0.25, -0.2) is 0 Å². The molecule has 0 radical (unpaired) electrons. The molecule has 0 aromatic heterocycles. The van der Waals surface area contributed by atoms with Gasteiger partial charge < -0.3 is 10.6 Å². The molecule has 1 rings (SSSR count). The predicted octanol–water partition coefficient (Wildman–Crippen LogP) is 1.46. The topological polar surface area (TPSA) is 29.3 Å². The number of likely N-dealkylation sites (tertiary alicyclic amines) is 1. The van der Waals surface area contributed by atoms with Crippen molar-refractivity contribution in [3.05, 3.63) is 0 Å². The first-order valence-electron chi connectivity index (χ1n) is 5.20. The molecule has 1 aliphatic heterocycles. The molecule has 2 nitrogen and oxygen atoms in total. The van der Waals surface area contributed by atoms with Crippen LogP contribution < -0.4 is 5.73 Å². The molecule has 0 aromatic carbocycles. The van der Waals surface area contributed by atoms with Gasteiger partial charge in [0.25, 0.3) is 0 Å². The van der Waals surface area contributed by atoms with Crippen molar-refractivity contribution in [2.75, 3.05) is 19.6 Å². The number of hydrogen-bond donors (Lipinski definition) is 1. The summed E-state index contributed by atoms with van der Waals surface area (Å²) in [5.41, 5.74) is 5.75. The van der Waals surface area contributed by atoms with Gasteiger partial charge in [0.15, 0.2) is 0 Å². The van der Waals surface area contributed by atoms with Crippen LogP contribution in [0.5, 0.6) is 0 Å². The normalized spacial score (nSPS) is 24.2. The van der Waals surface area contributed by atoms with Crippen LogP contribution in [0, 0.1) is 5.92 Å². The first kappa shape index (κ1) is 10.0. The Morgan fingerprint density at radius 3 is 2.42 bits per heavy atom. The van der Waals surface area contributed by atoms with E-state index in [9.17, 15) is 0 Å². The molecule has 0 spiro atoms. The summed E-state index contributed by atoms with van der Waals surface area (Å²) in [5, 5.41) is 0.